The molecule has 19 heavy (non-hydrogen) atoms. The SMILES string of the molecule is C=C(C)N(C)OC(C)(C)C1(OC)CCC(OC)CC1. The van der Waals surface area contributed by atoms with Crippen molar-refractivity contribution in [3.05, 3.63) is 12.3 Å². The first-order valence-electron chi connectivity index (χ1n) is 6.94. The Balaban J connectivity index is 2.80. The van der Waals surface area contributed by atoms with Gasteiger partial charge in [-0.05, 0) is 46.5 Å². The van der Waals surface area contributed by atoms with Gasteiger partial charge in [-0.2, -0.15) is 0 Å². The predicted molar refractivity (Wildman–Crippen MR) is 76.7 cm³/mol. The summed E-state index contributed by atoms with van der Waals surface area (Å²) in [5.41, 5.74) is 0.199. The first kappa shape index (κ1) is 16.5. The fraction of sp³-hybridized carbons (Fsp3) is 0.867. The number of hydrogen-bond acceptors (Lipinski definition) is 4. The van der Waals surface area contributed by atoms with Crippen LogP contribution in [0.3, 0.4) is 0 Å². The van der Waals surface area contributed by atoms with Crippen LogP contribution in [-0.2, 0) is 14.3 Å². The molecule has 0 atom stereocenters. The van der Waals surface area contributed by atoms with Gasteiger partial charge in [0.1, 0.15) is 5.60 Å². The van der Waals surface area contributed by atoms with Crippen LogP contribution in [0.4, 0.5) is 0 Å². The highest BCUT2D eigenvalue weighted by molar-refractivity contribution is 5.00. The molecule has 1 rings (SSSR count). The number of nitrogens with zero attached hydrogens (tertiary/aromatic N) is 1. The van der Waals surface area contributed by atoms with Crippen LogP contribution < -0.4 is 0 Å². The number of allylic oxidation sites excluding steroid dienone is 1. The third-order valence-corrected chi connectivity index (χ3v) is 4.46. The lowest BCUT2D eigenvalue weighted by atomic mass is 9.73. The van der Waals surface area contributed by atoms with Crippen LogP contribution in [-0.4, -0.2) is 43.6 Å². The topological polar surface area (TPSA) is 30.9 Å². The zero-order chi connectivity index (χ0) is 14.7. The van der Waals surface area contributed by atoms with Gasteiger partial charge in [0.15, 0.2) is 0 Å². The third-order valence-electron chi connectivity index (χ3n) is 4.46. The zero-order valence-electron chi connectivity index (χ0n) is 13.3. The standard InChI is InChI=1S/C15H29NO3/c1-12(2)16(5)19-14(3,4)15(18-7)10-8-13(17-6)9-11-15/h13H,1,8-11H2,2-7H3. The lowest BCUT2D eigenvalue weighted by Gasteiger charge is -2.49. The number of ether oxygens (including phenoxy) is 2. The number of methoxy groups -OCH3 is 2. The van der Waals surface area contributed by atoms with Crippen LogP contribution in [0, 0.1) is 0 Å². The number of rotatable bonds is 6. The molecule has 1 saturated carbocycles. The Labute approximate surface area is 117 Å². The maximum absolute atomic E-state index is 6.07. The van der Waals surface area contributed by atoms with E-state index < -0.39 is 5.60 Å². The molecule has 0 aromatic carbocycles. The van der Waals surface area contributed by atoms with Gasteiger partial charge in [0.05, 0.1) is 11.7 Å². The molecule has 0 aromatic rings. The van der Waals surface area contributed by atoms with Gasteiger partial charge < -0.3 is 9.47 Å². The normalized spacial score (nSPS) is 28.2. The van der Waals surface area contributed by atoms with E-state index in [0.29, 0.717) is 6.10 Å². The second kappa shape index (κ2) is 6.25. The van der Waals surface area contributed by atoms with E-state index in [9.17, 15) is 0 Å². The second-order valence-electron chi connectivity index (χ2n) is 5.97. The van der Waals surface area contributed by atoms with Gasteiger partial charge in [-0.1, -0.05) is 6.58 Å². The summed E-state index contributed by atoms with van der Waals surface area (Å²) in [5.74, 6) is 0. The predicted octanol–water partition coefficient (Wildman–Crippen LogP) is 3.14. The van der Waals surface area contributed by atoms with E-state index in [0.717, 1.165) is 31.4 Å². The quantitative estimate of drug-likeness (QED) is 0.694. The van der Waals surface area contributed by atoms with E-state index in [1.165, 1.54) is 0 Å². The summed E-state index contributed by atoms with van der Waals surface area (Å²) in [4.78, 5) is 6.07. The molecule has 0 heterocycles. The van der Waals surface area contributed by atoms with Crippen molar-refractivity contribution in [3.8, 4) is 0 Å². The van der Waals surface area contributed by atoms with Crippen LogP contribution in [0.2, 0.25) is 0 Å². The number of hydroxylamine groups is 2. The minimum Gasteiger partial charge on any atom is -0.381 e. The van der Waals surface area contributed by atoms with Crippen molar-refractivity contribution in [2.24, 2.45) is 0 Å². The fourth-order valence-corrected chi connectivity index (χ4v) is 2.85. The molecule has 1 fully saturated rings. The summed E-state index contributed by atoms with van der Waals surface area (Å²) in [6, 6.07) is 0. The van der Waals surface area contributed by atoms with Crippen molar-refractivity contribution < 1.29 is 14.3 Å². The average Bonchev–Trinajstić information content (AvgIpc) is 2.37. The first-order chi connectivity index (χ1) is 8.78. The van der Waals surface area contributed by atoms with Crippen LogP contribution in [0.25, 0.3) is 0 Å². The molecule has 0 aromatic heterocycles. The van der Waals surface area contributed by atoms with E-state index in [4.69, 9.17) is 14.3 Å². The Morgan fingerprint density at radius 1 is 1.26 bits per heavy atom. The lowest BCUT2D eigenvalue weighted by Crippen LogP contribution is -2.57. The van der Waals surface area contributed by atoms with E-state index in [1.807, 2.05) is 14.0 Å². The van der Waals surface area contributed by atoms with Gasteiger partial charge in [-0.3, -0.25) is 9.90 Å². The van der Waals surface area contributed by atoms with Crippen LogP contribution >= 0.6 is 0 Å². The molecule has 1 aliphatic rings. The van der Waals surface area contributed by atoms with Crippen LogP contribution in [0.1, 0.15) is 46.5 Å². The van der Waals surface area contributed by atoms with Crippen molar-refractivity contribution in [1.29, 1.82) is 0 Å². The molecule has 0 saturated heterocycles. The second-order valence-corrected chi connectivity index (χ2v) is 5.97. The monoisotopic (exact) mass is 271 g/mol. The molecule has 0 spiro atoms. The molecule has 0 amide bonds. The van der Waals surface area contributed by atoms with Crippen molar-refractivity contribution in [3.63, 3.8) is 0 Å². The van der Waals surface area contributed by atoms with Gasteiger partial charge in [-0.25, -0.2) is 0 Å². The lowest BCUT2D eigenvalue weighted by molar-refractivity contribution is -0.282. The summed E-state index contributed by atoms with van der Waals surface area (Å²) >= 11 is 0. The maximum atomic E-state index is 6.07. The van der Waals surface area contributed by atoms with Gasteiger partial charge >= 0.3 is 0 Å². The minimum atomic E-state index is -0.409. The van der Waals surface area contributed by atoms with Crippen LogP contribution in [0.5, 0.6) is 0 Å². The van der Waals surface area contributed by atoms with Gasteiger partial charge in [0.25, 0.3) is 0 Å². The molecule has 0 aliphatic heterocycles. The average molecular weight is 271 g/mol. The van der Waals surface area contributed by atoms with Gasteiger partial charge in [0.2, 0.25) is 0 Å². The molecule has 0 unspecified atom stereocenters. The highest BCUT2D eigenvalue weighted by Gasteiger charge is 2.49. The molecule has 112 valence electrons. The van der Waals surface area contributed by atoms with Gasteiger partial charge in [-0.15, -0.1) is 0 Å². The largest absolute Gasteiger partial charge is 0.381 e. The summed E-state index contributed by atoms with van der Waals surface area (Å²) in [7, 11) is 5.44. The summed E-state index contributed by atoms with van der Waals surface area (Å²) < 4.78 is 11.3. The molecule has 0 bridgehead atoms. The zero-order valence-corrected chi connectivity index (χ0v) is 13.3. The Hall–Kier alpha value is -0.580. The van der Waals surface area contributed by atoms with E-state index >= 15 is 0 Å². The molecular weight excluding hydrogens is 242 g/mol. The Morgan fingerprint density at radius 2 is 1.79 bits per heavy atom. The fourth-order valence-electron chi connectivity index (χ4n) is 2.85. The maximum Gasteiger partial charge on any atom is 0.119 e. The molecule has 4 heteroatoms. The van der Waals surface area contributed by atoms with E-state index in [1.54, 1.807) is 19.3 Å². The van der Waals surface area contributed by atoms with E-state index in [-0.39, 0.29) is 5.60 Å². The minimum absolute atomic E-state index is 0.272. The van der Waals surface area contributed by atoms with E-state index in [2.05, 4.69) is 20.4 Å². The molecule has 1 aliphatic carbocycles. The van der Waals surface area contributed by atoms with Crippen molar-refractivity contribution in [2.75, 3.05) is 21.3 Å². The number of hydrogen-bond donors (Lipinski definition) is 0. The Bertz CT molecular complexity index is 307. The summed E-state index contributed by atoms with van der Waals surface area (Å²) in [6.45, 7) is 10.00. The highest BCUT2D eigenvalue weighted by atomic mass is 16.7. The molecule has 4 nitrogen and oxygen atoms in total. The third kappa shape index (κ3) is 3.50. The first-order valence-corrected chi connectivity index (χ1v) is 6.94. The van der Waals surface area contributed by atoms with Gasteiger partial charge in [0, 0.05) is 27.0 Å². The summed E-state index contributed by atoms with van der Waals surface area (Å²) in [6.07, 6.45) is 4.25. The van der Waals surface area contributed by atoms with Crippen molar-refractivity contribution in [2.45, 2.75) is 63.8 Å². The van der Waals surface area contributed by atoms with Crippen LogP contribution in [0.15, 0.2) is 12.3 Å². The Morgan fingerprint density at radius 3 is 2.16 bits per heavy atom. The molecular formula is C15H29NO3. The molecule has 0 radical (unpaired) electrons. The highest BCUT2D eigenvalue weighted by Crippen LogP contribution is 2.42. The van der Waals surface area contributed by atoms with Crippen molar-refractivity contribution in [1.82, 2.24) is 5.06 Å². The summed E-state index contributed by atoms with van der Waals surface area (Å²) in [5, 5.41) is 1.73. The smallest absolute Gasteiger partial charge is 0.119 e. The van der Waals surface area contributed by atoms with Crippen molar-refractivity contribution >= 4 is 0 Å². The Kier molecular flexibility index (Phi) is 5.42. The molecule has 0 N–H and O–H groups in total.